The van der Waals surface area contributed by atoms with Crippen molar-refractivity contribution in [3.8, 4) is 11.5 Å². The number of rotatable bonds is 3. The number of amides is 1. The lowest BCUT2D eigenvalue weighted by Crippen LogP contribution is -2.13. The third-order valence-electron chi connectivity index (χ3n) is 2.72. The summed E-state index contributed by atoms with van der Waals surface area (Å²) in [4.78, 5) is 11.4. The quantitative estimate of drug-likeness (QED) is 0.807. The molecule has 17 heavy (non-hydrogen) atoms. The number of methoxy groups -OCH3 is 2. The van der Waals surface area contributed by atoms with Crippen molar-refractivity contribution in [2.75, 3.05) is 20.8 Å². The van der Waals surface area contributed by atoms with E-state index in [9.17, 15) is 4.79 Å². The van der Waals surface area contributed by atoms with E-state index >= 15 is 0 Å². The Kier molecular flexibility index (Phi) is 3.32. The lowest BCUT2D eigenvalue weighted by molar-refractivity contribution is -0.116. The van der Waals surface area contributed by atoms with Gasteiger partial charge in [-0.1, -0.05) is 6.07 Å². The molecule has 1 fully saturated rings. The third kappa shape index (κ3) is 2.41. The SMILES string of the molecule is COc1ccc(C=C2CCNC2=O)cc1OC. The molecule has 1 N–H and O–H groups in total. The van der Waals surface area contributed by atoms with Crippen molar-refractivity contribution in [1.82, 2.24) is 5.32 Å². The Labute approximate surface area is 100 Å². The van der Waals surface area contributed by atoms with Crippen LogP contribution in [0.25, 0.3) is 6.08 Å². The van der Waals surface area contributed by atoms with Crippen LogP contribution in [0.2, 0.25) is 0 Å². The van der Waals surface area contributed by atoms with E-state index in [4.69, 9.17) is 9.47 Å². The van der Waals surface area contributed by atoms with Gasteiger partial charge in [0, 0.05) is 12.1 Å². The largest absolute Gasteiger partial charge is 0.493 e. The standard InChI is InChI=1S/C13H15NO3/c1-16-11-4-3-9(8-12(11)17-2)7-10-5-6-14-13(10)15/h3-4,7-8H,5-6H2,1-2H3,(H,14,15). The zero-order chi connectivity index (χ0) is 12.3. The van der Waals surface area contributed by atoms with Gasteiger partial charge in [-0.15, -0.1) is 0 Å². The van der Waals surface area contributed by atoms with Gasteiger partial charge in [-0.25, -0.2) is 0 Å². The molecule has 1 saturated heterocycles. The first-order valence-corrected chi connectivity index (χ1v) is 5.45. The predicted octanol–water partition coefficient (Wildman–Crippen LogP) is 1.61. The zero-order valence-corrected chi connectivity index (χ0v) is 9.95. The molecule has 0 atom stereocenters. The maximum atomic E-state index is 11.4. The topological polar surface area (TPSA) is 47.6 Å². The van der Waals surface area contributed by atoms with Crippen molar-refractivity contribution in [3.63, 3.8) is 0 Å². The number of hydrogen-bond acceptors (Lipinski definition) is 3. The Morgan fingerprint density at radius 2 is 2.00 bits per heavy atom. The molecule has 0 radical (unpaired) electrons. The van der Waals surface area contributed by atoms with Crippen LogP contribution >= 0.6 is 0 Å². The van der Waals surface area contributed by atoms with Gasteiger partial charge in [-0.2, -0.15) is 0 Å². The van der Waals surface area contributed by atoms with Gasteiger partial charge < -0.3 is 14.8 Å². The minimum absolute atomic E-state index is 0.0137. The molecule has 2 rings (SSSR count). The predicted molar refractivity (Wildman–Crippen MR) is 65.1 cm³/mol. The van der Waals surface area contributed by atoms with E-state index in [1.807, 2.05) is 24.3 Å². The van der Waals surface area contributed by atoms with Crippen molar-refractivity contribution in [1.29, 1.82) is 0 Å². The molecule has 1 amide bonds. The van der Waals surface area contributed by atoms with Crippen LogP contribution in [-0.4, -0.2) is 26.7 Å². The van der Waals surface area contributed by atoms with Crippen LogP contribution in [-0.2, 0) is 4.79 Å². The second-order valence-corrected chi connectivity index (χ2v) is 3.79. The number of nitrogens with one attached hydrogen (secondary N) is 1. The summed E-state index contributed by atoms with van der Waals surface area (Å²) in [6.07, 6.45) is 2.65. The van der Waals surface area contributed by atoms with Gasteiger partial charge in [-0.05, 0) is 30.2 Å². The molecular formula is C13H15NO3. The van der Waals surface area contributed by atoms with Gasteiger partial charge in [0.2, 0.25) is 5.91 Å². The second kappa shape index (κ2) is 4.91. The summed E-state index contributed by atoms with van der Waals surface area (Å²) in [5.74, 6) is 1.37. The van der Waals surface area contributed by atoms with Crippen molar-refractivity contribution >= 4 is 12.0 Å². The van der Waals surface area contributed by atoms with Gasteiger partial charge in [0.05, 0.1) is 14.2 Å². The molecule has 1 aliphatic heterocycles. The summed E-state index contributed by atoms with van der Waals surface area (Å²) >= 11 is 0. The first-order chi connectivity index (χ1) is 8.24. The molecule has 0 aliphatic carbocycles. The highest BCUT2D eigenvalue weighted by Crippen LogP contribution is 2.28. The van der Waals surface area contributed by atoms with Crippen molar-refractivity contribution in [3.05, 3.63) is 29.3 Å². The lowest BCUT2D eigenvalue weighted by Gasteiger charge is -2.07. The van der Waals surface area contributed by atoms with E-state index in [1.165, 1.54) is 0 Å². The fourth-order valence-electron chi connectivity index (χ4n) is 1.82. The minimum atomic E-state index is 0.0137. The van der Waals surface area contributed by atoms with Gasteiger partial charge in [-0.3, -0.25) is 4.79 Å². The molecular weight excluding hydrogens is 218 g/mol. The summed E-state index contributed by atoms with van der Waals surface area (Å²) in [7, 11) is 3.19. The fourth-order valence-corrected chi connectivity index (χ4v) is 1.82. The molecule has 0 bridgehead atoms. The highest BCUT2D eigenvalue weighted by atomic mass is 16.5. The molecule has 1 aromatic rings. The second-order valence-electron chi connectivity index (χ2n) is 3.79. The number of carbonyl (C=O) groups is 1. The van der Waals surface area contributed by atoms with E-state index in [0.717, 1.165) is 24.1 Å². The van der Waals surface area contributed by atoms with Crippen LogP contribution < -0.4 is 14.8 Å². The minimum Gasteiger partial charge on any atom is -0.493 e. The van der Waals surface area contributed by atoms with E-state index in [-0.39, 0.29) is 5.91 Å². The van der Waals surface area contributed by atoms with Crippen molar-refractivity contribution < 1.29 is 14.3 Å². The van der Waals surface area contributed by atoms with E-state index < -0.39 is 0 Å². The van der Waals surface area contributed by atoms with Crippen LogP contribution in [0, 0.1) is 0 Å². The van der Waals surface area contributed by atoms with Crippen LogP contribution in [0.1, 0.15) is 12.0 Å². The van der Waals surface area contributed by atoms with Gasteiger partial charge in [0.1, 0.15) is 0 Å². The van der Waals surface area contributed by atoms with Crippen molar-refractivity contribution in [2.45, 2.75) is 6.42 Å². The molecule has 4 nitrogen and oxygen atoms in total. The van der Waals surface area contributed by atoms with Crippen LogP contribution in [0.4, 0.5) is 0 Å². The number of benzene rings is 1. The van der Waals surface area contributed by atoms with E-state index in [1.54, 1.807) is 14.2 Å². The maximum Gasteiger partial charge on any atom is 0.247 e. The Balaban J connectivity index is 2.31. The Morgan fingerprint density at radius 3 is 2.59 bits per heavy atom. The smallest absolute Gasteiger partial charge is 0.247 e. The molecule has 0 spiro atoms. The molecule has 0 aromatic heterocycles. The van der Waals surface area contributed by atoms with E-state index in [2.05, 4.69) is 5.32 Å². The molecule has 1 heterocycles. The van der Waals surface area contributed by atoms with Gasteiger partial charge >= 0.3 is 0 Å². The Morgan fingerprint density at radius 1 is 1.24 bits per heavy atom. The summed E-state index contributed by atoms with van der Waals surface area (Å²) in [6.45, 7) is 0.720. The molecule has 1 aromatic carbocycles. The molecule has 90 valence electrons. The number of hydrogen-bond donors (Lipinski definition) is 1. The summed E-state index contributed by atoms with van der Waals surface area (Å²) in [6, 6.07) is 5.59. The molecule has 4 heteroatoms. The fraction of sp³-hybridized carbons (Fsp3) is 0.308. The molecule has 1 aliphatic rings. The Bertz CT molecular complexity index is 466. The van der Waals surface area contributed by atoms with Crippen LogP contribution in [0.3, 0.4) is 0 Å². The third-order valence-corrected chi connectivity index (χ3v) is 2.72. The number of ether oxygens (including phenoxy) is 2. The lowest BCUT2D eigenvalue weighted by atomic mass is 10.1. The average Bonchev–Trinajstić information content (AvgIpc) is 2.75. The normalized spacial score (nSPS) is 17.1. The van der Waals surface area contributed by atoms with Gasteiger partial charge in [0.25, 0.3) is 0 Å². The number of carbonyl (C=O) groups excluding carboxylic acids is 1. The summed E-state index contributed by atoms with van der Waals surface area (Å²) in [5, 5.41) is 2.78. The summed E-state index contributed by atoms with van der Waals surface area (Å²) in [5.41, 5.74) is 1.74. The molecule has 0 saturated carbocycles. The van der Waals surface area contributed by atoms with Gasteiger partial charge in [0.15, 0.2) is 11.5 Å². The first-order valence-electron chi connectivity index (χ1n) is 5.45. The zero-order valence-electron chi connectivity index (χ0n) is 9.95. The average molecular weight is 233 g/mol. The summed E-state index contributed by atoms with van der Waals surface area (Å²) < 4.78 is 10.4. The van der Waals surface area contributed by atoms with Crippen molar-refractivity contribution in [2.24, 2.45) is 0 Å². The monoisotopic (exact) mass is 233 g/mol. The first kappa shape index (κ1) is 11.5. The highest BCUT2D eigenvalue weighted by Gasteiger charge is 2.15. The highest BCUT2D eigenvalue weighted by molar-refractivity contribution is 5.99. The van der Waals surface area contributed by atoms with E-state index in [0.29, 0.717) is 11.5 Å². The maximum absolute atomic E-state index is 11.4. The van der Waals surface area contributed by atoms with Crippen LogP contribution in [0.15, 0.2) is 23.8 Å². The Hall–Kier alpha value is -1.97. The van der Waals surface area contributed by atoms with Crippen LogP contribution in [0.5, 0.6) is 11.5 Å². The molecule has 0 unspecified atom stereocenters.